The molecule has 0 heterocycles. The van der Waals surface area contributed by atoms with Gasteiger partial charge < -0.3 is 9.80 Å². The summed E-state index contributed by atoms with van der Waals surface area (Å²) in [6.07, 6.45) is 8.24. The standard InChI is InChI=1S/C68H76N2/c1-63(2,3)43-21-29-47(30-22-43)69(48-31-23-44(24-32-48)64(4,5)6)51-37-38-52-55-40-59-56(41-58(55)67(13,14)57(52)39-51)62-54-20-18-17-19-53(54)61(42-60(62)68(59,15)16)70(49-33-25-45(26-34-49)65(7,8)9)50-35-27-46(28-36-50)66(10,11)12/h17-31,33-42,48H,32H2,1-16H3. The molecule has 0 radical (unpaired) electrons. The molecule has 0 saturated carbocycles. The van der Waals surface area contributed by atoms with Crippen LogP contribution in [0, 0.1) is 5.41 Å². The summed E-state index contributed by atoms with van der Waals surface area (Å²) >= 11 is 0. The summed E-state index contributed by atoms with van der Waals surface area (Å²) in [5.74, 6) is 0. The van der Waals surface area contributed by atoms with E-state index in [-0.39, 0.29) is 38.5 Å². The zero-order chi connectivity index (χ0) is 50.1. The maximum Gasteiger partial charge on any atom is 0.0560 e. The maximum absolute atomic E-state index is 2.59. The van der Waals surface area contributed by atoms with Crippen molar-refractivity contribution >= 4 is 39.2 Å². The quantitative estimate of drug-likeness (QED) is 0.164. The normalized spacial score (nSPS) is 16.9. The first-order valence-corrected chi connectivity index (χ1v) is 25.9. The highest BCUT2D eigenvalue weighted by molar-refractivity contribution is 6.10. The lowest BCUT2D eigenvalue weighted by atomic mass is 9.79. The summed E-state index contributed by atoms with van der Waals surface area (Å²) < 4.78 is 0. The first-order valence-electron chi connectivity index (χ1n) is 25.9. The number of hydrogen-bond donors (Lipinski definition) is 0. The van der Waals surface area contributed by atoms with E-state index in [2.05, 4.69) is 272 Å². The van der Waals surface area contributed by atoms with Gasteiger partial charge in [-0.1, -0.05) is 196 Å². The van der Waals surface area contributed by atoms with Crippen LogP contribution in [0.15, 0.2) is 157 Å². The Morgan fingerprint density at radius 3 is 1.39 bits per heavy atom. The highest BCUT2D eigenvalue weighted by Gasteiger charge is 2.43. The molecule has 0 aromatic heterocycles. The van der Waals surface area contributed by atoms with E-state index in [1.807, 2.05) is 0 Å². The number of rotatable bonds is 6. The minimum absolute atomic E-state index is 0.0613. The molecule has 0 amide bonds. The van der Waals surface area contributed by atoms with E-state index in [9.17, 15) is 0 Å². The predicted octanol–water partition coefficient (Wildman–Crippen LogP) is 19.3. The molecule has 2 nitrogen and oxygen atoms in total. The lowest BCUT2D eigenvalue weighted by molar-refractivity contribution is 0.510. The molecule has 0 spiro atoms. The van der Waals surface area contributed by atoms with E-state index in [0.717, 1.165) is 17.8 Å². The molecule has 7 aromatic rings. The Morgan fingerprint density at radius 2 is 0.886 bits per heavy atom. The fourth-order valence-corrected chi connectivity index (χ4v) is 11.8. The van der Waals surface area contributed by atoms with Crippen molar-refractivity contribution in [2.45, 2.75) is 150 Å². The van der Waals surface area contributed by atoms with Crippen LogP contribution in [0.5, 0.6) is 0 Å². The Kier molecular flexibility index (Phi) is 11.0. The average Bonchev–Trinajstić information content (AvgIpc) is 3.66. The summed E-state index contributed by atoms with van der Waals surface area (Å²) in [6, 6.07) is 52.3. The Morgan fingerprint density at radius 1 is 0.429 bits per heavy atom. The van der Waals surface area contributed by atoms with Crippen LogP contribution in [0.3, 0.4) is 0 Å². The molecule has 3 aliphatic rings. The van der Waals surface area contributed by atoms with Gasteiger partial charge in [-0.2, -0.15) is 0 Å². The second-order valence-electron chi connectivity index (χ2n) is 26.0. The highest BCUT2D eigenvalue weighted by atomic mass is 15.2. The highest BCUT2D eigenvalue weighted by Crippen LogP contribution is 2.59. The lowest BCUT2D eigenvalue weighted by Crippen LogP contribution is -2.31. The first-order chi connectivity index (χ1) is 32.7. The molecule has 0 saturated heterocycles. The summed E-state index contributed by atoms with van der Waals surface area (Å²) in [5, 5.41) is 2.56. The van der Waals surface area contributed by atoms with E-state index in [1.54, 1.807) is 0 Å². The van der Waals surface area contributed by atoms with Crippen LogP contribution in [-0.2, 0) is 27.1 Å². The van der Waals surface area contributed by atoms with Crippen LogP contribution in [-0.4, -0.2) is 6.04 Å². The Balaban J connectivity index is 1.10. The topological polar surface area (TPSA) is 6.48 Å². The number of allylic oxidation sites excluding steroid dienone is 2. The second kappa shape index (κ2) is 16.2. The van der Waals surface area contributed by atoms with Gasteiger partial charge in [-0.15, -0.1) is 0 Å². The molecule has 2 heteroatoms. The van der Waals surface area contributed by atoms with Crippen molar-refractivity contribution in [1.29, 1.82) is 0 Å². The van der Waals surface area contributed by atoms with Crippen LogP contribution >= 0.6 is 0 Å². The van der Waals surface area contributed by atoms with Gasteiger partial charge in [0, 0.05) is 39.0 Å². The molecule has 0 fully saturated rings. The molecule has 0 aliphatic heterocycles. The first kappa shape index (κ1) is 47.6. The molecule has 7 aromatic carbocycles. The zero-order valence-electron chi connectivity index (χ0n) is 45.1. The third-order valence-electron chi connectivity index (χ3n) is 16.2. The molecule has 10 rings (SSSR count). The predicted molar refractivity (Wildman–Crippen MR) is 304 cm³/mol. The van der Waals surface area contributed by atoms with Crippen molar-refractivity contribution in [2.75, 3.05) is 9.80 Å². The molecular weight excluding hydrogens is 845 g/mol. The summed E-state index contributed by atoms with van der Waals surface area (Å²) in [6.45, 7) is 37.4. The van der Waals surface area contributed by atoms with Gasteiger partial charge in [0.25, 0.3) is 0 Å². The lowest BCUT2D eigenvalue weighted by Gasteiger charge is -2.36. The van der Waals surface area contributed by atoms with Gasteiger partial charge in [0.1, 0.15) is 0 Å². The third kappa shape index (κ3) is 7.95. The van der Waals surface area contributed by atoms with Gasteiger partial charge in [0.2, 0.25) is 0 Å². The van der Waals surface area contributed by atoms with Gasteiger partial charge in [0.05, 0.1) is 11.7 Å². The fraction of sp³-hybridized carbons (Fsp3) is 0.353. The van der Waals surface area contributed by atoms with Crippen LogP contribution in [0.1, 0.15) is 156 Å². The summed E-state index contributed by atoms with van der Waals surface area (Å²) in [5.41, 5.74) is 22.4. The SMILES string of the molecule is CC(C)(C)C1=CCC(N(c2ccc(C(C)(C)C)cc2)c2ccc3c(c2)C(C)(C)c2cc4c(cc2-3)C(C)(C)c2cc(N(c3ccc(C(C)(C)C)cc3)c3ccc(C(C)(C)C)cc3)c3ccccc3c2-4)C=C1. The molecule has 0 N–H and O–H groups in total. The van der Waals surface area contributed by atoms with E-state index < -0.39 is 0 Å². The average molecular weight is 921 g/mol. The van der Waals surface area contributed by atoms with Gasteiger partial charge in [0.15, 0.2) is 0 Å². The van der Waals surface area contributed by atoms with Gasteiger partial charge >= 0.3 is 0 Å². The summed E-state index contributed by atoms with van der Waals surface area (Å²) in [7, 11) is 0. The van der Waals surface area contributed by atoms with Crippen molar-refractivity contribution in [3.8, 4) is 22.3 Å². The van der Waals surface area contributed by atoms with Crippen molar-refractivity contribution in [1.82, 2.24) is 0 Å². The van der Waals surface area contributed by atoms with Crippen LogP contribution < -0.4 is 9.80 Å². The Bertz CT molecular complexity index is 3170. The van der Waals surface area contributed by atoms with Crippen LogP contribution in [0.4, 0.5) is 28.4 Å². The third-order valence-corrected chi connectivity index (χ3v) is 16.2. The van der Waals surface area contributed by atoms with Gasteiger partial charge in [-0.25, -0.2) is 0 Å². The number of benzene rings is 7. The van der Waals surface area contributed by atoms with Crippen molar-refractivity contribution in [3.63, 3.8) is 0 Å². The fourth-order valence-electron chi connectivity index (χ4n) is 11.8. The zero-order valence-corrected chi connectivity index (χ0v) is 45.1. The minimum atomic E-state index is -0.244. The minimum Gasteiger partial charge on any atom is -0.334 e. The van der Waals surface area contributed by atoms with Crippen molar-refractivity contribution in [2.24, 2.45) is 5.41 Å². The Labute approximate surface area is 421 Å². The summed E-state index contributed by atoms with van der Waals surface area (Å²) in [4.78, 5) is 5.09. The molecular formula is C68H76N2. The van der Waals surface area contributed by atoms with Crippen LogP contribution in [0.2, 0.25) is 0 Å². The number of fused-ring (bicyclic) bond motifs is 8. The van der Waals surface area contributed by atoms with E-state index >= 15 is 0 Å². The maximum atomic E-state index is 2.59. The largest absolute Gasteiger partial charge is 0.334 e. The van der Waals surface area contributed by atoms with Crippen molar-refractivity contribution in [3.05, 3.63) is 196 Å². The smallest absolute Gasteiger partial charge is 0.0560 e. The van der Waals surface area contributed by atoms with E-state index in [0.29, 0.717) is 0 Å². The molecule has 0 bridgehead atoms. The Hall–Kier alpha value is -6.12. The number of hydrogen-bond acceptors (Lipinski definition) is 2. The second-order valence-corrected chi connectivity index (χ2v) is 26.0. The number of anilines is 5. The van der Waals surface area contributed by atoms with Crippen molar-refractivity contribution < 1.29 is 0 Å². The molecule has 3 aliphatic carbocycles. The monoisotopic (exact) mass is 921 g/mol. The molecule has 1 unspecified atom stereocenters. The van der Waals surface area contributed by atoms with Gasteiger partial charge in [-0.05, 0) is 167 Å². The molecule has 358 valence electrons. The van der Waals surface area contributed by atoms with Crippen LogP contribution in [0.25, 0.3) is 33.0 Å². The number of nitrogens with zero attached hydrogens (tertiary/aromatic N) is 2. The van der Waals surface area contributed by atoms with E-state index in [1.165, 1.54) is 94.6 Å². The molecule has 1 atom stereocenters. The van der Waals surface area contributed by atoms with Gasteiger partial charge in [-0.3, -0.25) is 0 Å². The molecule has 70 heavy (non-hydrogen) atoms. The van der Waals surface area contributed by atoms with E-state index in [4.69, 9.17) is 0 Å².